The first kappa shape index (κ1) is 26.0. The number of benzene rings is 2. The lowest BCUT2D eigenvalue weighted by Gasteiger charge is -2.43. The quantitative estimate of drug-likeness (QED) is 0.470. The van der Waals surface area contributed by atoms with Gasteiger partial charge in [-0.3, -0.25) is 14.6 Å². The fourth-order valence-electron chi connectivity index (χ4n) is 4.37. The predicted molar refractivity (Wildman–Crippen MR) is 125 cm³/mol. The molecular weight excluding hydrogens is 445 g/mol. The molecular formula is C26H33F3N2O3. The third-order valence-electron chi connectivity index (χ3n) is 6.46. The number of rotatable bonds is 8. The second-order valence-corrected chi connectivity index (χ2v) is 9.18. The molecule has 2 aromatic rings. The fraction of sp³-hybridized carbons (Fsp3) is 0.500. The second kappa shape index (κ2) is 10.8. The van der Waals surface area contributed by atoms with Crippen molar-refractivity contribution >= 4 is 5.97 Å². The molecule has 2 aromatic carbocycles. The monoisotopic (exact) mass is 478 g/mol. The zero-order valence-electron chi connectivity index (χ0n) is 20.2. The van der Waals surface area contributed by atoms with Gasteiger partial charge in [0.1, 0.15) is 11.3 Å². The molecule has 1 fully saturated rings. The topological polar surface area (TPSA) is 42.0 Å². The van der Waals surface area contributed by atoms with Gasteiger partial charge in [-0.05, 0) is 69.5 Å². The van der Waals surface area contributed by atoms with Crippen LogP contribution >= 0.6 is 0 Å². The van der Waals surface area contributed by atoms with E-state index in [1.54, 1.807) is 12.1 Å². The summed E-state index contributed by atoms with van der Waals surface area (Å²) >= 11 is 0. The van der Waals surface area contributed by atoms with Crippen molar-refractivity contribution in [2.75, 3.05) is 26.7 Å². The molecule has 0 radical (unpaired) electrons. The number of alkyl halides is 3. The summed E-state index contributed by atoms with van der Waals surface area (Å²) < 4.78 is 46.2. The maximum absolute atomic E-state index is 12.3. The van der Waals surface area contributed by atoms with Crippen molar-refractivity contribution < 1.29 is 27.4 Å². The first-order chi connectivity index (χ1) is 16.0. The number of carbonyl (C=O) groups is 1. The Hall–Kier alpha value is -2.58. The van der Waals surface area contributed by atoms with Gasteiger partial charge in [-0.15, -0.1) is 13.2 Å². The van der Waals surface area contributed by atoms with Gasteiger partial charge in [0, 0.05) is 25.7 Å². The molecule has 8 heteroatoms. The van der Waals surface area contributed by atoms with Crippen molar-refractivity contribution in [3.8, 4) is 16.9 Å². The molecule has 0 bridgehead atoms. The van der Waals surface area contributed by atoms with Crippen LogP contribution in [-0.2, 0) is 16.1 Å². The molecule has 0 amide bonds. The van der Waals surface area contributed by atoms with Gasteiger partial charge in [0.15, 0.2) is 0 Å². The van der Waals surface area contributed by atoms with Gasteiger partial charge in [-0.2, -0.15) is 0 Å². The number of ether oxygens (including phenoxy) is 2. The van der Waals surface area contributed by atoms with Crippen LogP contribution in [0.5, 0.6) is 5.75 Å². The van der Waals surface area contributed by atoms with Crippen LogP contribution in [0.3, 0.4) is 0 Å². The summed E-state index contributed by atoms with van der Waals surface area (Å²) in [6.07, 6.45) is -2.74. The standard InChI is InChI=1S/C26H33F3N2O3/c1-5-33-24(32)25(2,3)31-16-14-22(15-17-31)30(4)18-19-6-8-20(9-7-19)21-10-12-23(13-11-21)34-26(27,28)29/h6-13,22H,5,14-18H2,1-4H3. The van der Waals surface area contributed by atoms with E-state index in [2.05, 4.69) is 21.6 Å². The molecule has 1 aliphatic rings. The number of piperidine rings is 1. The van der Waals surface area contributed by atoms with Crippen LogP contribution in [0.4, 0.5) is 13.2 Å². The van der Waals surface area contributed by atoms with Gasteiger partial charge < -0.3 is 9.47 Å². The minimum Gasteiger partial charge on any atom is -0.465 e. The first-order valence-electron chi connectivity index (χ1n) is 11.6. The van der Waals surface area contributed by atoms with E-state index in [0.717, 1.165) is 49.2 Å². The molecule has 1 heterocycles. The molecule has 0 aliphatic carbocycles. The fourth-order valence-corrected chi connectivity index (χ4v) is 4.37. The average Bonchev–Trinajstić information content (AvgIpc) is 2.79. The van der Waals surface area contributed by atoms with Crippen LogP contribution in [-0.4, -0.2) is 60.5 Å². The molecule has 0 aromatic heterocycles. The Morgan fingerprint density at radius 3 is 2.03 bits per heavy atom. The summed E-state index contributed by atoms with van der Waals surface area (Å²) in [4.78, 5) is 16.8. The Morgan fingerprint density at radius 2 is 1.53 bits per heavy atom. The Labute approximate surface area is 199 Å². The average molecular weight is 479 g/mol. The maximum atomic E-state index is 12.3. The largest absolute Gasteiger partial charge is 0.573 e. The smallest absolute Gasteiger partial charge is 0.465 e. The highest BCUT2D eigenvalue weighted by Gasteiger charge is 2.38. The molecule has 3 rings (SSSR count). The summed E-state index contributed by atoms with van der Waals surface area (Å²) in [6.45, 7) is 8.54. The van der Waals surface area contributed by atoms with Crippen LogP contribution < -0.4 is 4.74 Å². The van der Waals surface area contributed by atoms with E-state index in [-0.39, 0.29) is 11.7 Å². The van der Waals surface area contributed by atoms with Crippen molar-refractivity contribution in [1.29, 1.82) is 0 Å². The number of hydrogen-bond donors (Lipinski definition) is 0. The van der Waals surface area contributed by atoms with E-state index >= 15 is 0 Å². The molecule has 5 nitrogen and oxygen atoms in total. The molecule has 186 valence electrons. The number of esters is 1. The van der Waals surface area contributed by atoms with Crippen molar-refractivity contribution in [2.45, 2.75) is 58.1 Å². The number of likely N-dealkylation sites (tertiary alicyclic amines) is 1. The first-order valence-corrected chi connectivity index (χ1v) is 11.6. The van der Waals surface area contributed by atoms with Gasteiger partial charge in [0.25, 0.3) is 0 Å². The molecule has 0 saturated carbocycles. The van der Waals surface area contributed by atoms with E-state index in [1.807, 2.05) is 45.0 Å². The van der Waals surface area contributed by atoms with Gasteiger partial charge in [-0.25, -0.2) is 0 Å². The van der Waals surface area contributed by atoms with Gasteiger partial charge in [0.2, 0.25) is 0 Å². The number of halogens is 3. The highest BCUT2D eigenvalue weighted by Crippen LogP contribution is 2.28. The lowest BCUT2D eigenvalue weighted by Crippen LogP contribution is -2.55. The second-order valence-electron chi connectivity index (χ2n) is 9.18. The molecule has 1 saturated heterocycles. The van der Waals surface area contributed by atoms with Gasteiger partial charge >= 0.3 is 12.3 Å². The third-order valence-corrected chi connectivity index (χ3v) is 6.46. The highest BCUT2D eigenvalue weighted by atomic mass is 19.4. The number of hydrogen-bond acceptors (Lipinski definition) is 5. The Balaban J connectivity index is 1.53. The Morgan fingerprint density at radius 1 is 1.00 bits per heavy atom. The Kier molecular flexibility index (Phi) is 8.25. The van der Waals surface area contributed by atoms with Crippen molar-refractivity contribution in [3.63, 3.8) is 0 Å². The van der Waals surface area contributed by atoms with Gasteiger partial charge in [-0.1, -0.05) is 36.4 Å². The maximum Gasteiger partial charge on any atom is 0.573 e. The molecule has 0 atom stereocenters. The summed E-state index contributed by atoms with van der Waals surface area (Å²) in [7, 11) is 2.12. The molecule has 0 spiro atoms. The zero-order chi connectivity index (χ0) is 24.9. The lowest BCUT2D eigenvalue weighted by molar-refractivity contribution is -0.274. The SMILES string of the molecule is CCOC(=O)C(C)(C)N1CCC(N(C)Cc2ccc(-c3ccc(OC(F)(F)F)cc3)cc2)CC1. The van der Waals surface area contributed by atoms with Crippen molar-refractivity contribution in [2.24, 2.45) is 0 Å². The minimum atomic E-state index is -4.69. The summed E-state index contributed by atoms with van der Waals surface area (Å²) in [5.74, 6) is -0.407. The summed E-state index contributed by atoms with van der Waals surface area (Å²) in [5, 5.41) is 0. The van der Waals surface area contributed by atoms with Crippen molar-refractivity contribution in [1.82, 2.24) is 9.80 Å². The van der Waals surface area contributed by atoms with Crippen molar-refractivity contribution in [3.05, 3.63) is 54.1 Å². The van der Waals surface area contributed by atoms with E-state index in [0.29, 0.717) is 12.6 Å². The molecule has 0 N–H and O–H groups in total. The predicted octanol–water partition coefficient (Wildman–Crippen LogP) is 5.49. The summed E-state index contributed by atoms with van der Waals surface area (Å²) in [6, 6.07) is 14.4. The third kappa shape index (κ3) is 6.73. The number of carbonyl (C=O) groups excluding carboxylic acids is 1. The van der Waals surface area contributed by atoms with E-state index in [1.165, 1.54) is 12.1 Å². The normalized spacial score (nSPS) is 16.0. The lowest BCUT2D eigenvalue weighted by atomic mass is 9.95. The number of nitrogens with zero attached hydrogens (tertiary/aromatic N) is 2. The summed E-state index contributed by atoms with van der Waals surface area (Å²) in [5.41, 5.74) is 2.30. The van der Waals surface area contributed by atoms with E-state index in [9.17, 15) is 18.0 Å². The van der Waals surface area contributed by atoms with Crippen LogP contribution in [0.15, 0.2) is 48.5 Å². The van der Waals surface area contributed by atoms with Gasteiger partial charge in [0.05, 0.1) is 6.61 Å². The molecule has 34 heavy (non-hydrogen) atoms. The highest BCUT2D eigenvalue weighted by molar-refractivity contribution is 5.79. The zero-order valence-corrected chi connectivity index (χ0v) is 20.2. The van der Waals surface area contributed by atoms with E-state index < -0.39 is 11.9 Å². The van der Waals surface area contributed by atoms with E-state index in [4.69, 9.17) is 4.74 Å². The molecule has 1 aliphatic heterocycles. The minimum absolute atomic E-state index is 0.176. The molecule has 0 unspecified atom stereocenters. The van der Waals surface area contributed by atoms with Crippen LogP contribution in [0.25, 0.3) is 11.1 Å². The van der Waals surface area contributed by atoms with Crippen LogP contribution in [0, 0.1) is 0 Å². The van der Waals surface area contributed by atoms with Crippen LogP contribution in [0.2, 0.25) is 0 Å². The Bertz CT molecular complexity index is 935. The van der Waals surface area contributed by atoms with Crippen LogP contribution in [0.1, 0.15) is 39.2 Å².